The molecule has 0 atom stereocenters. The first-order chi connectivity index (χ1) is 16.0. The highest BCUT2D eigenvalue weighted by atomic mass is 19.1. The summed E-state index contributed by atoms with van der Waals surface area (Å²) in [5.41, 5.74) is 5.01. The van der Waals surface area contributed by atoms with Gasteiger partial charge in [0, 0.05) is 30.6 Å². The van der Waals surface area contributed by atoms with Crippen LogP contribution < -0.4 is 4.74 Å². The van der Waals surface area contributed by atoms with Gasteiger partial charge in [-0.25, -0.2) is 13.9 Å². The van der Waals surface area contributed by atoms with Crippen LogP contribution in [0.1, 0.15) is 54.0 Å². The van der Waals surface area contributed by atoms with Crippen molar-refractivity contribution in [3.05, 3.63) is 46.8 Å². The number of aromatic nitrogens is 3. The maximum absolute atomic E-state index is 13.0. The Bertz CT molecular complexity index is 1180. The lowest BCUT2D eigenvalue weighted by molar-refractivity contribution is -0.130. The van der Waals surface area contributed by atoms with Crippen molar-refractivity contribution >= 4 is 17.3 Å². The molecule has 7 nitrogen and oxygen atoms in total. The van der Waals surface area contributed by atoms with Gasteiger partial charge in [0.05, 0.1) is 29.1 Å². The molecule has 0 fully saturated rings. The van der Waals surface area contributed by atoms with Crippen LogP contribution in [0.15, 0.2) is 24.3 Å². The van der Waals surface area contributed by atoms with E-state index in [1.165, 1.54) is 0 Å². The van der Waals surface area contributed by atoms with E-state index in [4.69, 9.17) is 14.8 Å². The summed E-state index contributed by atoms with van der Waals surface area (Å²) in [5.74, 6) is 0.666. The van der Waals surface area contributed by atoms with E-state index in [0.29, 0.717) is 42.2 Å². The van der Waals surface area contributed by atoms with Crippen molar-refractivity contribution in [1.29, 1.82) is 0 Å². The van der Waals surface area contributed by atoms with Crippen molar-refractivity contribution in [3.63, 3.8) is 0 Å². The number of carbonyl (C=O) groups excluding carboxylic acids is 2. The van der Waals surface area contributed by atoms with Gasteiger partial charge in [-0.15, -0.1) is 0 Å². The number of hydrogen-bond donors (Lipinski definition) is 0. The van der Waals surface area contributed by atoms with Gasteiger partial charge in [-0.3, -0.25) is 9.59 Å². The number of benzene rings is 1. The summed E-state index contributed by atoms with van der Waals surface area (Å²) in [5, 5.41) is 4.81. The number of nitrogens with zero attached hydrogens (tertiary/aromatic N) is 4. The molecule has 3 aromatic rings. The number of likely N-dealkylation sites (N-methyl/N-ethyl adjacent to an activating group) is 1. The third kappa shape index (κ3) is 4.34. The number of rotatable bonds is 8. The highest BCUT2D eigenvalue weighted by Gasteiger charge is 2.27. The Balaban J connectivity index is 1.86. The van der Waals surface area contributed by atoms with Crippen molar-refractivity contribution in [3.8, 4) is 17.0 Å². The molecule has 2 aromatic heterocycles. The van der Waals surface area contributed by atoms with Crippen LogP contribution in [0.2, 0.25) is 0 Å². The number of halogens is 1. The van der Waals surface area contributed by atoms with E-state index in [1.54, 1.807) is 21.5 Å². The van der Waals surface area contributed by atoms with Crippen LogP contribution in [0.4, 0.5) is 4.39 Å². The normalized spacial score (nSPS) is 13.3. The Morgan fingerprint density at radius 2 is 1.91 bits per heavy atom. The standard InChI is InChI=1S/C25H29FN4O3/c1-4-29(5-2)22(32)15-19-24(17-9-11-18(12-10-17)33-14-13-26)28-30-16(3)23-20(27-25(19)30)7-6-8-21(23)31/h9-12H,4-8,13-15H2,1-3H3. The lowest BCUT2D eigenvalue weighted by Gasteiger charge is -2.19. The van der Waals surface area contributed by atoms with E-state index in [9.17, 15) is 14.0 Å². The van der Waals surface area contributed by atoms with Crippen molar-refractivity contribution in [2.24, 2.45) is 0 Å². The van der Waals surface area contributed by atoms with Crippen molar-refractivity contribution in [1.82, 2.24) is 19.5 Å². The molecule has 0 radical (unpaired) electrons. The van der Waals surface area contributed by atoms with Crippen molar-refractivity contribution < 1.29 is 18.7 Å². The molecule has 4 rings (SSSR count). The number of amides is 1. The Labute approximate surface area is 192 Å². The number of aryl methyl sites for hydroxylation is 2. The van der Waals surface area contributed by atoms with E-state index >= 15 is 0 Å². The van der Waals surface area contributed by atoms with Crippen LogP contribution in [-0.4, -0.2) is 57.6 Å². The molecular weight excluding hydrogens is 423 g/mol. The van der Waals surface area contributed by atoms with Crippen molar-refractivity contribution in [2.75, 3.05) is 26.4 Å². The topological polar surface area (TPSA) is 76.8 Å². The smallest absolute Gasteiger partial charge is 0.227 e. The first-order valence-corrected chi connectivity index (χ1v) is 11.5. The van der Waals surface area contributed by atoms with Gasteiger partial charge in [0.25, 0.3) is 0 Å². The molecule has 1 amide bonds. The molecule has 0 unspecified atom stereocenters. The molecule has 0 saturated carbocycles. The Hall–Kier alpha value is -3.29. The third-order valence-corrected chi connectivity index (χ3v) is 6.18. The zero-order chi connectivity index (χ0) is 23.5. The van der Waals surface area contributed by atoms with Crippen LogP contribution in [-0.2, 0) is 17.6 Å². The van der Waals surface area contributed by atoms with Gasteiger partial charge < -0.3 is 9.64 Å². The van der Waals surface area contributed by atoms with Crippen LogP contribution in [0, 0.1) is 6.92 Å². The summed E-state index contributed by atoms with van der Waals surface area (Å²) >= 11 is 0. The van der Waals surface area contributed by atoms with Gasteiger partial charge in [-0.05, 0) is 57.9 Å². The van der Waals surface area contributed by atoms with Gasteiger partial charge in [0.1, 0.15) is 19.0 Å². The van der Waals surface area contributed by atoms with Gasteiger partial charge in [0.2, 0.25) is 5.91 Å². The zero-order valence-electron chi connectivity index (χ0n) is 19.4. The molecular formula is C25H29FN4O3. The average molecular weight is 453 g/mol. The molecule has 0 spiro atoms. The Kier molecular flexibility index (Phi) is 6.72. The maximum atomic E-state index is 13.0. The van der Waals surface area contributed by atoms with E-state index in [1.807, 2.05) is 32.9 Å². The Morgan fingerprint density at radius 3 is 2.58 bits per heavy atom. The first kappa shape index (κ1) is 22.9. The molecule has 0 aliphatic heterocycles. The molecule has 8 heteroatoms. The van der Waals surface area contributed by atoms with E-state index < -0.39 is 6.67 Å². The largest absolute Gasteiger partial charge is 0.491 e. The molecule has 0 N–H and O–H groups in total. The summed E-state index contributed by atoms with van der Waals surface area (Å²) in [6.45, 7) is 6.50. The fourth-order valence-corrected chi connectivity index (χ4v) is 4.47. The highest BCUT2D eigenvalue weighted by Crippen LogP contribution is 2.31. The molecule has 174 valence electrons. The number of ether oxygens (including phenoxy) is 1. The molecule has 33 heavy (non-hydrogen) atoms. The predicted molar refractivity (Wildman–Crippen MR) is 124 cm³/mol. The summed E-state index contributed by atoms with van der Waals surface area (Å²) in [6.07, 6.45) is 2.20. The van der Waals surface area contributed by atoms with E-state index in [2.05, 4.69) is 0 Å². The summed E-state index contributed by atoms with van der Waals surface area (Å²) in [7, 11) is 0. The van der Waals surface area contributed by atoms with Gasteiger partial charge in [-0.2, -0.15) is 5.10 Å². The number of alkyl halides is 1. The first-order valence-electron chi connectivity index (χ1n) is 11.5. The van der Waals surface area contributed by atoms with Crippen LogP contribution in [0.5, 0.6) is 5.75 Å². The van der Waals surface area contributed by atoms with Crippen LogP contribution >= 0.6 is 0 Å². The average Bonchev–Trinajstić information content (AvgIpc) is 3.17. The van der Waals surface area contributed by atoms with Crippen molar-refractivity contribution in [2.45, 2.75) is 46.5 Å². The molecule has 1 aromatic carbocycles. The SMILES string of the molecule is CCN(CC)C(=O)Cc1c(-c2ccc(OCCF)cc2)nn2c(C)c3c(nc12)CCCC3=O. The fraction of sp³-hybridized carbons (Fsp3) is 0.440. The fourth-order valence-electron chi connectivity index (χ4n) is 4.47. The minimum absolute atomic E-state index is 0.0000300. The number of carbonyl (C=O) groups is 2. The van der Waals surface area contributed by atoms with Gasteiger partial charge in [-0.1, -0.05) is 0 Å². The van der Waals surface area contributed by atoms with Gasteiger partial charge in [0.15, 0.2) is 11.4 Å². The monoisotopic (exact) mass is 452 g/mol. The van der Waals surface area contributed by atoms with Crippen LogP contribution in [0.25, 0.3) is 16.9 Å². The highest BCUT2D eigenvalue weighted by molar-refractivity contribution is 5.99. The number of ketones is 1. The minimum atomic E-state index is -0.555. The maximum Gasteiger partial charge on any atom is 0.227 e. The molecule has 0 saturated heterocycles. The molecule has 1 aliphatic rings. The summed E-state index contributed by atoms with van der Waals surface area (Å²) < 4.78 is 19.5. The second-order valence-corrected chi connectivity index (χ2v) is 8.16. The molecule has 1 aliphatic carbocycles. The van der Waals surface area contributed by atoms with E-state index in [0.717, 1.165) is 35.4 Å². The number of hydrogen-bond acceptors (Lipinski definition) is 5. The lowest BCUT2D eigenvalue weighted by Crippen LogP contribution is -2.31. The summed E-state index contributed by atoms with van der Waals surface area (Å²) in [6, 6.07) is 7.22. The van der Waals surface area contributed by atoms with Crippen LogP contribution in [0.3, 0.4) is 0 Å². The molecule has 0 bridgehead atoms. The second-order valence-electron chi connectivity index (χ2n) is 8.16. The number of Topliss-reactive ketones (excluding diaryl/α,β-unsaturated/α-hetero) is 1. The Morgan fingerprint density at radius 1 is 1.18 bits per heavy atom. The quantitative estimate of drug-likeness (QED) is 0.517. The van der Waals surface area contributed by atoms with Gasteiger partial charge >= 0.3 is 0 Å². The zero-order valence-corrected chi connectivity index (χ0v) is 19.4. The summed E-state index contributed by atoms with van der Waals surface area (Å²) in [4.78, 5) is 32.3. The minimum Gasteiger partial charge on any atom is -0.491 e. The van der Waals surface area contributed by atoms with E-state index in [-0.39, 0.29) is 24.7 Å². The third-order valence-electron chi connectivity index (χ3n) is 6.18. The second kappa shape index (κ2) is 9.68. The number of fused-ring (bicyclic) bond motifs is 2. The molecule has 2 heterocycles. The predicted octanol–water partition coefficient (Wildman–Crippen LogP) is 3.98. The lowest BCUT2D eigenvalue weighted by atomic mass is 9.93.